The number of fused-ring (bicyclic) bond motifs is 1. The zero-order valence-electron chi connectivity index (χ0n) is 13.4. The van der Waals surface area contributed by atoms with Crippen LogP contribution in [0.15, 0.2) is 53.6 Å². The molecule has 0 bridgehead atoms. The van der Waals surface area contributed by atoms with E-state index in [-0.39, 0.29) is 17.3 Å². The fraction of sp³-hybridized carbons (Fsp3) is 0.158. The first kappa shape index (κ1) is 15.4. The summed E-state index contributed by atoms with van der Waals surface area (Å²) in [5.74, 6) is -0.372. The number of nitrogens with one attached hydrogen (secondary N) is 2. The smallest absolute Gasteiger partial charge is 0.255 e. The highest BCUT2D eigenvalue weighted by Crippen LogP contribution is 2.29. The lowest BCUT2D eigenvalue weighted by Crippen LogP contribution is -2.34. The van der Waals surface area contributed by atoms with Crippen molar-refractivity contribution in [1.29, 1.82) is 0 Å². The van der Waals surface area contributed by atoms with Crippen LogP contribution in [0.4, 0.5) is 4.39 Å². The minimum atomic E-state index is -0.267. The average Bonchev–Trinajstić information content (AvgIpc) is 3.05. The molecule has 1 amide bonds. The van der Waals surface area contributed by atoms with E-state index in [1.807, 2.05) is 12.3 Å². The Morgan fingerprint density at radius 3 is 2.72 bits per heavy atom. The molecule has 0 saturated heterocycles. The molecule has 2 aromatic heterocycles. The maximum Gasteiger partial charge on any atom is 0.255 e. The molecule has 25 heavy (non-hydrogen) atoms. The molecule has 0 saturated carbocycles. The maximum absolute atomic E-state index is 13.3. The van der Waals surface area contributed by atoms with E-state index in [0.717, 1.165) is 28.5 Å². The van der Waals surface area contributed by atoms with Crippen LogP contribution in [0, 0.1) is 5.82 Å². The number of rotatable bonds is 2. The SMILES string of the molecule is O=C(c1ccc(=O)[nH]c1)N1CC=C(c2c[nH]c3cc(F)ccc23)CC1. The summed E-state index contributed by atoms with van der Waals surface area (Å²) in [6.07, 6.45) is 6.08. The lowest BCUT2D eigenvalue weighted by Gasteiger charge is -2.26. The predicted molar refractivity (Wildman–Crippen MR) is 93.8 cm³/mol. The van der Waals surface area contributed by atoms with Gasteiger partial charge in [-0.25, -0.2) is 4.39 Å². The summed E-state index contributed by atoms with van der Waals surface area (Å²) in [5, 5.41) is 0.980. The highest BCUT2D eigenvalue weighted by atomic mass is 19.1. The Labute approximate surface area is 142 Å². The van der Waals surface area contributed by atoms with Gasteiger partial charge in [0.25, 0.3) is 5.91 Å². The average molecular weight is 337 g/mol. The zero-order valence-corrected chi connectivity index (χ0v) is 13.4. The fourth-order valence-electron chi connectivity index (χ4n) is 3.19. The van der Waals surface area contributed by atoms with Crippen LogP contribution in [0.2, 0.25) is 0 Å². The van der Waals surface area contributed by atoms with Crippen LogP contribution < -0.4 is 5.56 Å². The number of pyridine rings is 1. The number of H-pyrrole nitrogens is 2. The second kappa shape index (κ2) is 6.05. The molecule has 0 radical (unpaired) electrons. The second-order valence-electron chi connectivity index (χ2n) is 6.06. The van der Waals surface area contributed by atoms with E-state index in [1.165, 1.54) is 30.5 Å². The lowest BCUT2D eigenvalue weighted by atomic mass is 9.98. The van der Waals surface area contributed by atoms with Gasteiger partial charge in [0.2, 0.25) is 5.56 Å². The van der Waals surface area contributed by atoms with E-state index in [9.17, 15) is 14.0 Å². The minimum Gasteiger partial charge on any atom is -0.360 e. The van der Waals surface area contributed by atoms with Crippen molar-refractivity contribution in [3.63, 3.8) is 0 Å². The molecule has 1 aromatic carbocycles. The summed E-state index contributed by atoms with van der Waals surface area (Å²) in [5.41, 5.74) is 3.20. The van der Waals surface area contributed by atoms with Gasteiger partial charge in [0, 0.05) is 48.0 Å². The summed E-state index contributed by atoms with van der Waals surface area (Å²) < 4.78 is 13.3. The Hall–Kier alpha value is -3.15. The van der Waals surface area contributed by atoms with Crippen molar-refractivity contribution in [1.82, 2.24) is 14.9 Å². The van der Waals surface area contributed by atoms with E-state index < -0.39 is 0 Å². The molecule has 0 fully saturated rings. The lowest BCUT2D eigenvalue weighted by molar-refractivity contribution is 0.0772. The van der Waals surface area contributed by atoms with Crippen molar-refractivity contribution in [3.8, 4) is 0 Å². The van der Waals surface area contributed by atoms with Crippen LogP contribution in [0.5, 0.6) is 0 Å². The topological polar surface area (TPSA) is 69.0 Å². The number of hydrogen-bond donors (Lipinski definition) is 2. The molecule has 4 rings (SSSR count). The number of amides is 1. The molecule has 2 N–H and O–H groups in total. The first-order valence-electron chi connectivity index (χ1n) is 8.06. The van der Waals surface area contributed by atoms with Gasteiger partial charge in [0.05, 0.1) is 5.56 Å². The molecule has 3 aromatic rings. The highest BCUT2D eigenvalue weighted by Gasteiger charge is 2.20. The quantitative estimate of drug-likeness (QED) is 0.755. The highest BCUT2D eigenvalue weighted by molar-refractivity contribution is 5.96. The van der Waals surface area contributed by atoms with Gasteiger partial charge in [-0.2, -0.15) is 0 Å². The van der Waals surface area contributed by atoms with E-state index >= 15 is 0 Å². The summed E-state index contributed by atoms with van der Waals surface area (Å²) in [6.45, 7) is 1.10. The van der Waals surface area contributed by atoms with Gasteiger partial charge in [0.1, 0.15) is 5.82 Å². The van der Waals surface area contributed by atoms with Crippen molar-refractivity contribution in [2.24, 2.45) is 0 Å². The molecule has 0 atom stereocenters. The van der Waals surface area contributed by atoms with Gasteiger partial charge in [-0.05, 0) is 36.3 Å². The molecular weight excluding hydrogens is 321 g/mol. The van der Waals surface area contributed by atoms with Crippen LogP contribution in [0.25, 0.3) is 16.5 Å². The molecule has 126 valence electrons. The van der Waals surface area contributed by atoms with Crippen LogP contribution in [-0.2, 0) is 0 Å². The Bertz CT molecular complexity index is 1030. The maximum atomic E-state index is 13.3. The van der Waals surface area contributed by atoms with Crippen molar-refractivity contribution in [3.05, 3.63) is 76.1 Å². The van der Waals surface area contributed by atoms with E-state index in [4.69, 9.17) is 0 Å². The second-order valence-corrected chi connectivity index (χ2v) is 6.06. The molecule has 0 unspecified atom stereocenters. The summed E-state index contributed by atoms with van der Waals surface area (Å²) in [6, 6.07) is 7.59. The summed E-state index contributed by atoms with van der Waals surface area (Å²) in [7, 11) is 0. The number of carbonyl (C=O) groups is 1. The van der Waals surface area contributed by atoms with Crippen LogP contribution in [-0.4, -0.2) is 33.9 Å². The first-order chi connectivity index (χ1) is 12.1. The molecule has 1 aliphatic heterocycles. The Morgan fingerprint density at radius 2 is 2.00 bits per heavy atom. The molecule has 0 aliphatic carbocycles. The van der Waals surface area contributed by atoms with Gasteiger partial charge in [0.15, 0.2) is 0 Å². The van der Waals surface area contributed by atoms with Crippen LogP contribution in [0.3, 0.4) is 0 Å². The van der Waals surface area contributed by atoms with E-state index in [1.54, 1.807) is 11.0 Å². The predicted octanol–water partition coefficient (Wildman–Crippen LogP) is 2.92. The van der Waals surface area contributed by atoms with Crippen molar-refractivity contribution in [2.75, 3.05) is 13.1 Å². The Kier molecular flexibility index (Phi) is 3.72. The molecule has 5 nitrogen and oxygen atoms in total. The van der Waals surface area contributed by atoms with E-state index in [2.05, 4.69) is 9.97 Å². The van der Waals surface area contributed by atoms with Gasteiger partial charge in [-0.1, -0.05) is 6.08 Å². The van der Waals surface area contributed by atoms with Crippen molar-refractivity contribution >= 4 is 22.4 Å². The third-order valence-electron chi connectivity index (χ3n) is 4.52. The number of aromatic nitrogens is 2. The van der Waals surface area contributed by atoms with Gasteiger partial charge in [-0.3, -0.25) is 9.59 Å². The fourth-order valence-corrected chi connectivity index (χ4v) is 3.19. The standard InChI is InChI=1S/C19H16FN3O2/c20-14-2-3-15-16(11-21-17(15)9-14)12-5-7-23(8-6-12)19(25)13-1-4-18(24)22-10-13/h1-5,9-11,21H,6-8H2,(H,22,24). The third kappa shape index (κ3) is 2.87. The number of benzene rings is 1. The molecule has 6 heteroatoms. The van der Waals surface area contributed by atoms with Crippen LogP contribution in [0.1, 0.15) is 22.3 Å². The molecule has 1 aliphatic rings. The number of carbonyl (C=O) groups excluding carboxylic acids is 1. The van der Waals surface area contributed by atoms with Gasteiger partial charge < -0.3 is 14.9 Å². The van der Waals surface area contributed by atoms with Gasteiger partial charge >= 0.3 is 0 Å². The van der Waals surface area contributed by atoms with Crippen molar-refractivity contribution in [2.45, 2.75) is 6.42 Å². The molecule has 3 heterocycles. The number of halogens is 1. The van der Waals surface area contributed by atoms with Crippen molar-refractivity contribution < 1.29 is 9.18 Å². The molecular formula is C19H16FN3O2. The van der Waals surface area contributed by atoms with Gasteiger partial charge in [-0.15, -0.1) is 0 Å². The summed E-state index contributed by atoms with van der Waals surface area (Å²) >= 11 is 0. The number of hydrogen-bond acceptors (Lipinski definition) is 2. The Morgan fingerprint density at radius 1 is 1.12 bits per heavy atom. The summed E-state index contributed by atoms with van der Waals surface area (Å²) in [4.78, 5) is 30.9. The monoisotopic (exact) mass is 337 g/mol. The number of aromatic amines is 2. The first-order valence-corrected chi connectivity index (χ1v) is 8.06. The number of nitrogens with zero attached hydrogens (tertiary/aromatic N) is 1. The Balaban J connectivity index is 1.56. The minimum absolute atomic E-state index is 0.104. The van der Waals surface area contributed by atoms with E-state index in [0.29, 0.717) is 18.7 Å². The zero-order chi connectivity index (χ0) is 17.4. The third-order valence-corrected chi connectivity index (χ3v) is 4.52. The molecule has 0 spiro atoms. The normalized spacial score (nSPS) is 14.6. The van der Waals surface area contributed by atoms with Crippen LogP contribution >= 0.6 is 0 Å². The largest absolute Gasteiger partial charge is 0.360 e.